The maximum absolute atomic E-state index is 11.9. The monoisotopic (exact) mass is 253 g/mol. The van der Waals surface area contributed by atoms with Gasteiger partial charge in [-0.05, 0) is 9.91 Å². The Bertz CT molecular complexity index is 449. The topological polar surface area (TPSA) is 112 Å². The molecule has 0 fully saturated rings. The van der Waals surface area contributed by atoms with E-state index in [1.807, 2.05) is 0 Å². The van der Waals surface area contributed by atoms with E-state index in [9.17, 15) is 28.4 Å². The van der Waals surface area contributed by atoms with Gasteiger partial charge in [0.1, 0.15) is 0 Å². The normalized spacial score (nSPS) is 11.3. The highest BCUT2D eigenvalue weighted by Gasteiger charge is 2.34. The highest BCUT2D eigenvalue weighted by molar-refractivity contribution is 5.47. The number of halogens is 3. The maximum atomic E-state index is 11.9. The van der Waals surface area contributed by atoms with Gasteiger partial charge in [0.05, 0.1) is 12.6 Å². The second-order valence-corrected chi connectivity index (χ2v) is 2.78. The highest BCUT2D eigenvalue weighted by atomic mass is 19.4. The van der Waals surface area contributed by atoms with Gasteiger partial charge >= 0.3 is 12.2 Å². The van der Waals surface area contributed by atoms with E-state index in [-0.39, 0.29) is 0 Å². The summed E-state index contributed by atoms with van der Waals surface area (Å²) in [5.41, 5.74) is 4.61. The van der Waals surface area contributed by atoms with Crippen LogP contribution in [0.1, 0.15) is 5.69 Å². The van der Waals surface area contributed by atoms with Gasteiger partial charge in [-0.15, -0.1) is 13.2 Å². The lowest BCUT2D eigenvalue weighted by molar-refractivity contribution is -0.389. The van der Waals surface area contributed by atoms with Crippen LogP contribution in [0.5, 0.6) is 11.5 Å². The van der Waals surface area contributed by atoms with Crippen molar-refractivity contribution in [3.05, 3.63) is 21.9 Å². The molecule has 0 spiro atoms. The molecule has 1 aromatic heterocycles. The average Bonchev–Trinajstić information content (AvgIpc) is 2.18. The van der Waals surface area contributed by atoms with Crippen LogP contribution in [-0.2, 0) is 6.54 Å². The first-order valence-corrected chi connectivity index (χ1v) is 4.07. The van der Waals surface area contributed by atoms with E-state index in [4.69, 9.17) is 5.73 Å². The summed E-state index contributed by atoms with van der Waals surface area (Å²) >= 11 is 0. The Labute approximate surface area is 91.8 Å². The quantitative estimate of drug-likeness (QED) is 0.615. The van der Waals surface area contributed by atoms with Gasteiger partial charge in [-0.1, -0.05) is 0 Å². The van der Waals surface area contributed by atoms with Crippen LogP contribution in [0, 0.1) is 10.1 Å². The van der Waals surface area contributed by atoms with Gasteiger partial charge in [-0.25, -0.2) is 0 Å². The number of aromatic nitrogens is 1. The molecular formula is C7H6F3N3O4. The van der Waals surface area contributed by atoms with Crippen LogP contribution in [0.25, 0.3) is 0 Å². The molecular weight excluding hydrogens is 247 g/mol. The van der Waals surface area contributed by atoms with Gasteiger partial charge in [0.15, 0.2) is 5.75 Å². The van der Waals surface area contributed by atoms with Crippen LogP contribution >= 0.6 is 0 Å². The Morgan fingerprint density at radius 2 is 2.18 bits per heavy atom. The molecule has 0 bridgehead atoms. The second-order valence-electron chi connectivity index (χ2n) is 2.78. The first-order valence-electron chi connectivity index (χ1n) is 4.07. The summed E-state index contributed by atoms with van der Waals surface area (Å²) in [6.45, 7) is -0.471. The smallest absolute Gasteiger partial charge is 0.501 e. The molecule has 0 saturated carbocycles. The number of nitro groups is 1. The van der Waals surface area contributed by atoms with Crippen molar-refractivity contribution < 1.29 is 27.9 Å². The van der Waals surface area contributed by atoms with E-state index >= 15 is 0 Å². The molecule has 1 heterocycles. The Kier molecular flexibility index (Phi) is 3.36. The maximum Gasteiger partial charge on any atom is 0.573 e. The molecule has 0 unspecified atom stereocenters. The molecule has 3 N–H and O–H groups in total. The molecule has 0 radical (unpaired) electrons. The van der Waals surface area contributed by atoms with Gasteiger partial charge in [0, 0.05) is 0 Å². The number of hydrogen-bond donors (Lipinski definition) is 2. The van der Waals surface area contributed by atoms with E-state index in [2.05, 4.69) is 9.72 Å². The molecule has 1 aromatic rings. The van der Waals surface area contributed by atoms with Crippen LogP contribution < -0.4 is 10.5 Å². The lowest BCUT2D eigenvalue weighted by atomic mass is 10.3. The molecule has 0 aliphatic carbocycles. The molecule has 0 aliphatic heterocycles. The number of aromatic hydroxyl groups is 1. The summed E-state index contributed by atoms with van der Waals surface area (Å²) in [5.74, 6) is -2.99. The van der Waals surface area contributed by atoms with Crippen LogP contribution in [0.2, 0.25) is 0 Å². The van der Waals surface area contributed by atoms with Crippen molar-refractivity contribution in [3.8, 4) is 11.5 Å². The molecule has 7 nitrogen and oxygen atoms in total. The number of hydrogen-bond acceptors (Lipinski definition) is 6. The minimum Gasteiger partial charge on any atom is -0.501 e. The first-order chi connectivity index (χ1) is 7.74. The number of nitrogens with two attached hydrogens (primary N) is 1. The van der Waals surface area contributed by atoms with Crippen molar-refractivity contribution in [3.63, 3.8) is 0 Å². The van der Waals surface area contributed by atoms with Crippen LogP contribution in [0.15, 0.2) is 6.07 Å². The van der Waals surface area contributed by atoms with Gasteiger partial charge < -0.3 is 25.7 Å². The lowest BCUT2D eigenvalue weighted by Gasteiger charge is -2.10. The SMILES string of the molecule is NCc1nc([N+](=O)[O-])cc(OC(F)(F)F)c1O. The van der Waals surface area contributed by atoms with Gasteiger partial charge in [-0.2, -0.15) is 0 Å². The Hall–Kier alpha value is -2.10. The van der Waals surface area contributed by atoms with Crippen molar-refractivity contribution in [1.82, 2.24) is 4.98 Å². The molecule has 0 atom stereocenters. The molecule has 1 rings (SSSR count). The molecule has 17 heavy (non-hydrogen) atoms. The first kappa shape index (κ1) is 13.0. The third-order valence-corrected chi connectivity index (χ3v) is 1.62. The lowest BCUT2D eigenvalue weighted by Crippen LogP contribution is -2.18. The summed E-state index contributed by atoms with van der Waals surface area (Å²) in [5, 5.41) is 19.7. The van der Waals surface area contributed by atoms with E-state index in [0.29, 0.717) is 6.07 Å². The zero-order valence-corrected chi connectivity index (χ0v) is 8.06. The van der Waals surface area contributed by atoms with Crippen LogP contribution in [0.3, 0.4) is 0 Å². The minimum atomic E-state index is -5.08. The number of pyridine rings is 1. The number of rotatable bonds is 3. The van der Waals surface area contributed by atoms with Gasteiger partial charge in [-0.3, -0.25) is 0 Å². The van der Waals surface area contributed by atoms with Crippen molar-refractivity contribution in [1.29, 1.82) is 0 Å². The fraction of sp³-hybridized carbons (Fsp3) is 0.286. The van der Waals surface area contributed by atoms with E-state index < -0.39 is 40.8 Å². The zero-order valence-electron chi connectivity index (χ0n) is 8.06. The van der Waals surface area contributed by atoms with Crippen molar-refractivity contribution >= 4 is 5.82 Å². The summed E-state index contributed by atoms with van der Waals surface area (Å²) in [6.07, 6.45) is -5.08. The molecule has 0 amide bonds. The fourth-order valence-corrected chi connectivity index (χ4v) is 0.990. The molecule has 0 aromatic carbocycles. The van der Waals surface area contributed by atoms with E-state index in [1.165, 1.54) is 0 Å². The number of alkyl halides is 3. The van der Waals surface area contributed by atoms with Gasteiger partial charge in [0.2, 0.25) is 11.4 Å². The third-order valence-electron chi connectivity index (χ3n) is 1.62. The standard InChI is InChI=1S/C7H6F3N3O4/c8-7(9,10)17-4-1-5(13(15)16)12-3(2-11)6(4)14/h1,14H,2,11H2. The van der Waals surface area contributed by atoms with Crippen LogP contribution in [-0.4, -0.2) is 21.4 Å². The average molecular weight is 253 g/mol. The van der Waals surface area contributed by atoms with Crippen molar-refractivity contribution in [2.45, 2.75) is 12.9 Å². The zero-order chi connectivity index (χ0) is 13.2. The largest absolute Gasteiger partial charge is 0.573 e. The molecule has 94 valence electrons. The summed E-state index contributed by atoms with van der Waals surface area (Å²) < 4.78 is 39.2. The highest BCUT2D eigenvalue weighted by Crippen LogP contribution is 2.35. The number of ether oxygens (including phenoxy) is 1. The minimum absolute atomic E-state index is 0.363. The third kappa shape index (κ3) is 3.17. The molecule has 0 aliphatic rings. The summed E-state index contributed by atoms with van der Waals surface area (Å²) in [7, 11) is 0. The summed E-state index contributed by atoms with van der Waals surface area (Å²) in [4.78, 5) is 12.6. The predicted molar refractivity (Wildman–Crippen MR) is 47.1 cm³/mol. The Balaban J connectivity index is 3.28. The fourth-order valence-electron chi connectivity index (χ4n) is 0.990. The predicted octanol–water partition coefficient (Wildman–Crippen LogP) is 1.05. The molecule has 0 saturated heterocycles. The number of nitrogens with zero attached hydrogens (tertiary/aromatic N) is 2. The van der Waals surface area contributed by atoms with E-state index in [0.717, 1.165) is 0 Å². The van der Waals surface area contributed by atoms with Gasteiger partial charge in [0.25, 0.3) is 0 Å². The Morgan fingerprint density at radius 3 is 2.59 bits per heavy atom. The second kappa shape index (κ2) is 4.41. The van der Waals surface area contributed by atoms with Crippen molar-refractivity contribution in [2.75, 3.05) is 0 Å². The van der Waals surface area contributed by atoms with Crippen LogP contribution in [0.4, 0.5) is 19.0 Å². The Morgan fingerprint density at radius 1 is 1.59 bits per heavy atom. The molecule has 10 heteroatoms. The summed E-state index contributed by atoms with van der Waals surface area (Å²) in [6, 6.07) is 0.363. The van der Waals surface area contributed by atoms with Crippen molar-refractivity contribution in [2.24, 2.45) is 5.73 Å². The van der Waals surface area contributed by atoms with E-state index in [1.54, 1.807) is 0 Å².